The van der Waals surface area contributed by atoms with Gasteiger partial charge in [0.2, 0.25) is 0 Å². The molecule has 0 saturated heterocycles. The first kappa shape index (κ1) is 21.2. The lowest BCUT2D eigenvalue weighted by Gasteiger charge is -2.42. The summed E-state index contributed by atoms with van der Waals surface area (Å²) in [6.45, 7) is 10.6. The van der Waals surface area contributed by atoms with Crippen LogP contribution in [0.25, 0.3) is 0 Å². The summed E-state index contributed by atoms with van der Waals surface area (Å²) in [5.74, 6) is 0.967. The molecule has 0 bridgehead atoms. The number of aliphatic hydroxyl groups is 1. The predicted octanol–water partition coefficient (Wildman–Crippen LogP) is 5.05. The van der Waals surface area contributed by atoms with Gasteiger partial charge in [0.05, 0.1) is 11.5 Å². The van der Waals surface area contributed by atoms with Crippen molar-refractivity contribution in [2.45, 2.75) is 72.3 Å². The van der Waals surface area contributed by atoms with Crippen LogP contribution in [0.1, 0.15) is 66.7 Å². The van der Waals surface area contributed by atoms with Gasteiger partial charge in [0, 0.05) is 12.3 Å². The largest absolute Gasteiger partial charge is 0.389 e. The van der Waals surface area contributed by atoms with Crippen LogP contribution >= 0.6 is 0 Å². The fourth-order valence-electron chi connectivity index (χ4n) is 6.25. The van der Waals surface area contributed by atoms with E-state index < -0.39 is 11.5 Å². The highest BCUT2D eigenvalue weighted by Crippen LogP contribution is 2.59. The number of hydrogen-bond donors (Lipinski definition) is 1. The second-order valence-corrected chi connectivity index (χ2v) is 10.3. The van der Waals surface area contributed by atoms with Crippen LogP contribution in [0.3, 0.4) is 0 Å². The van der Waals surface area contributed by atoms with Gasteiger partial charge in [0.1, 0.15) is 12.1 Å². The van der Waals surface area contributed by atoms with Crippen LogP contribution in [0.2, 0.25) is 0 Å². The molecular formula is C25H36O3. The summed E-state index contributed by atoms with van der Waals surface area (Å²) in [6.07, 6.45) is 13.7. The van der Waals surface area contributed by atoms with Crippen molar-refractivity contribution >= 4 is 12.1 Å². The van der Waals surface area contributed by atoms with E-state index in [0.29, 0.717) is 23.3 Å². The van der Waals surface area contributed by atoms with Crippen LogP contribution in [0.15, 0.2) is 35.5 Å². The maximum absolute atomic E-state index is 12.6. The molecule has 1 N–H and O–H groups in total. The standard InChI is InChI=1S/C25H36O3/c1-16(2)7-6-8-17(3)19-11-12-24(4)13-21-23(22(27)14-25(21,5)28)18(15-26)9-10-20(19)24/h6-9,15,17,19-21,23,28H,10-14H2,1-5H3/b8-6-,18-9-/t17-,19+,20-,21-,23-,24+,25+/m0/s1. The molecule has 28 heavy (non-hydrogen) atoms. The molecule has 0 radical (unpaired) electrons. The van der Waals surface area contributed by atoms with Gasteiger partial charge in [-0.15, -0.1) is 0 Å². The zero-order valence-electron chi connectivity index (χ0n) is 18.1. The number of carbonyl (C=O) groups is 2. The van der Waals surface area contributed by atoms with E-state index in [1.165, 1.54) is 12.0 Å². The normalized spacial score (nSPS) is 43.5. The molecule has 2 saturated carbocycles. The molecule has 3 nitrogen and oxygen atoms in total. The molecule has 7 atom stereocenters. The van der Waals surface area contributed by atoms with Gasteiger partial charge in [0.15, 0.2) is 0 Å². The number of aldehydes is 1. The van der Waals surface area contributed by atoms with Crippen molar-refractivity contribution < 1.29 is 14.7 Å². The van der Waals surface area contributed by atoms with E-state index in [2.05, 4.69) is 45.9 Å². The molecule has 3 aliphatic rings. The Morgan fingerprint density at radius 3 is 2.64 bits per heavy atom. The minimum atomic E-state index is -1.01. The zero-order chi connectivity index (χ0) is 20.7. The van der Waals surface area contributed by atoms with Crippen LogP contribution in [0.5, 0.6) is 0 Å². The van der Waals surface area contributed by atoms with E-state index in [1.54, 1.807) is 6.92 Å². The smallest absolute Gasteiger partial charge is 0.146 e. The number of rotatable bonds is 4. The number of fused-ring (bicyclic) bond motifs is 2. The number of hydrogen-bond acceptors (Lipinski definition) is 3. The summed E-state index contributed by atoms with van der Waals surface area (Å²) in [5, 5.41) is 11.0. The first-order valence-corrected chi connectivity index (χ1v) is 10.8. The van der Waals surface area contributed by atoms with E-state index in [9.17, 15) is 14.7 Å². The fourth-order valence-corrected chi connectivity index (χ4v) is 6.25. The van der Waals surface area contributed by atoms with E-state index in [-0.39, 0.29) is 23.5 Å². The predicted molar refractivity (Wildman–Crippen MR) is 113 cm³/mol. The summed E-state index contributed by atoms with van der Waals surface area (Å²) in [5.41, 5.74) is 0.990. The molecular weight excluding hydrogens is 348 g/mol. The average Bonchev–Trinajstić information content (AvgIpc) is 3.01. The zero-order valence-corrected chi connectivity index (χ0v) is 18.1. The van der Waals surface area contributed by atoms with Crippen molar-refractivity contribution in [2.75, 3.05) is 0 Å². The molecule has 154 valence electrons. The van der Waals surface area contributed by atoms with Gasteiger partial charge in [-0.2, -0.15) is 0 Å². The summed E-state index contributed by atoms with van der Waals surface area (Å²) in [7, 11) is 0. The lowest BCUT2D eigenvalue weighted by atomic mass is 9.63. The lowest BCUT2D eigenvalue weighted by molar-refractivity contribution is -0.121. The van der Waals surface area contributed by atoms with Crippen LogP contribution in [-0.2, 0) is 9.59 Å². The number of allylic oxidation sites excluding steroid dienone is 6. The number of ketones is 1. The molecule has 0 aromatic rings. The van der Waals surface area contributed by atoms with Crippen molar-refractivity contribution in [1.82, 2.24) is 0 Å². The highest BCUT2D eigenvalue weighted by atomic mass is 16.3. The fraction of sp³-hybridized carbons (Fsp3) is 0.680. The first-order valence-electron chi connectivity index (χ1n) is 10.8. The topological polar surface area (TPSA) is 54.4 Å². The Balaban J connectivity index is 1.92. The molecule has 0 aromatic carbocycles. The summed E-state index contributed by atoms with van der Waals surface area (Å²) in [4.78, 5) is 24.4. The number of Topliss-reactive ketones (excluding diaryl/α,β-unsaturated/α-hetero) is 1. The molecule has 2 fully saturated rings. The van der Waals surface area contributed by atoms with E-state index in [1.807, 2.05) is 6.08 Å². The van der Waals surface area contributed by atoms with Crippen LogP contribution in [0, 0.1) is 35.0 Å². The van der Waals surface area contributed by atoms with E-state index in [4.69, 9.17) is 0 Å². The Kier molecular flexibility index (Phi) is 5.87. The third kappa shape index (κ3) is 3.83. The summed E-state index contributed by atoms with van der Waals surface area (Å²) in [6, 6.07) is 0. The van der Waals surface area contributed by atoms with E-state index in [0.717, 1.165) is 25.5 Å². The van der Waals surface area contributed by atoms with Crippen molar-refractivity contribution in [3.63, 3.8) is 0 Å². The van der Waals surface area contributed by atoms with Crippen LogP contribution in [0.4, 0.5) is 0 Å². The molecule has 0 aromatic heterocycles. The number of carbonyl (C=O) groups excluding carboxylic acids is 2. The van der Waals surface area contributed by atoms with Gasteiger partial charge in [-0.1, -0.05) is 43.7 Å². The third-order valence-corrected chi connectivity index (χ3v) is 7.85. The second-order valence-electron chi connectivity index (χ2n) is 10.3. The summed E-state index contributed by atoms with van der Waals surface area (Å²) < 4.78 is 0. The van der Waals surface area contributed by atoms with Crippen LogP contribution < -0.4 is 0 Å². The lowest BCUT2D eigenvalue weighted by Crippen LogP contribution is -2.40. The molecule has 0 amide bonds. The Labute approximate surface area is 170 Å². The maximum atomic E-state index is 12.6. The van der Waals surface area contributed by atoms with E-state index >= 15 is 0 Å². The molecule has 3 heteroatoms. The minimum absolute atomic E-state index is 0.0305. The summed E-state index contributed by atoms with van der Waals surface area (Å²) >= 11 is 0. The highest BCUT2D eigenvalue weighted by Gasteiger charge is 2.56. The molecule has 0 heterocycles. The molecule has 0 aliphatic heterocycles. The Hall–Kier alpha value is -1.48. The molecule has 3 aliphatic carbocycles. The molecule has 0 spiro atoms. The highest BCUT2D eigenvalue weighted by molar-refractivity contribution is 5.94. The Bertz CT molecular complexity index is 722. The van der Waals surface area contributed by atoms with Crippen molar-refractivity contribution in [2.24, 2.45) is 35.0 Å². The maximum Gasteiger partial charge on any atom is 0.146 e. The SMILES string of the molecule is CC(C)=C/C=C\[C@H](C)[C@H]1CC[C@]2(C)C[C@H]3[C@@H](C(=O)C[C@@]3(C)O)/C(C=O)=C\C[C@@H]12. The monoisotopic (exact) mass is 384 g/mol. The molecule has 3 rings (SSSR count). The Morgan fingerprint density at radius 1 is 1.29 bits per heavy atom. The quantitative estimate of drug-likeness (QED) is 0.545. The Morgan fingerprint density at radius 2 is 2.00 bits per heavy atom. The van der Waals surface area contributed by atoms with Gasteiger partial charge in [-0.25, -0.2) is 0 Å². The third-order valence-electron chi connectivity index (χ3n) is 7.85. The van der Waals surface area contributed by atoms with Gasteiger partial charge in [0.25, 0.3) is 0 Å². The van der Waals surface area contributed by atoms with Gasteiger partial charge < -0.3 is 5.11 Å². The van der Waals surface area contributed by atoms with Gasteiger partial charge >= 0.3 is 0 Å². The minimum Gasteiger partial charge on any atom is -0.389 e. The van der Waals surface area contributed by atoms with Crippen LogP contribution in [-0.4, -0.2) is 22.8 Å². The van der Waals surface area contributed by atoms with Crippen molar-refractivity contribution in [1.29, 1.82) is 0 Å². The van der Waals surface area contributed by atoms with Crippen molar-refractivity contribution in [3.8, 4) is 0 Å². The van der Waals surface area contributed by atoms with Crippen molar-refractivity contribution in [3.05, 3.63) is 35.5 Å². The molecule has 0 unspecified atom stereocenters. The van der Waals surface area contributed by atoms with Gasteiger partial charge in [-0.05, 0) is 75.2 Å². The first-order chi connectivity index (χ1) is 13.1. The van der Waals surface area contributed by atoms with Gasteiger partial charge in [-0.3, -0.25) is 9.59 Å². The second kappa shape index (κ2) is 7.74. The average molecular weight is 385 g/mol.